The molecule has 0 radical (unpaired) electrons. The molecule has 4 heteroatoms. The van der Waals surface area contributed by atoms with E-state index in [-0.39, 0.29) is 6.04 Å². The second-order valence-electron chi connectivity index (χ2n) is 4.72. The van der Waals surface area contributed by atoms with Crippen LogP contribution in [0, 0.1) is 6.92 Å². The number of aryl methyl sites for hydroxylation is 1. The number of ether oxygens (including phenoxy) is 1. The first-order valence-corrected chi connectivity index (χ1v) is 7.52. The number of pyridine rings is 1. The van der Waals surface area contributed by atoms with Crippen molar-refractivity contribution in [3.8, 4) is 11.6 Å². The number of halogens is 1. The fourth-order valence-corrected chi connectivity index (χ4v) is 2.22. The molecule has 0 bridgehead atoms. The highest BCUT2D eigenvalue weighted by Gasteiger charge is 2.07. The zero-order valence-electron chi connectivity index (χ0n) is 12.0. The molecule has 1 heterocycles. The Balaban J connectivity index is 2.16. The average Bonchev–Trinajstić information content (AvgIpc) is 2.43. The van der Waals surface area contributed by atoms with Crippen molar-refractivity contribution in [1.82, 2.24) is 10.3 Å². The summed E-state index contributed by atoms with van der Waals surface area (Å²) in [4.78, 5) is 4.27. The molecule has 0 saturated carbocycles. The van der Waals surface area contributed by atoms with Gasteiger partial charge in [-0.25, -0.2) is 4.98 Å². The van der Waals surface area contributed by atoms with Gasteiger partial charge in [-0.3, -0.25) is 0 Å². The molecule has 1 aromatic carbocycles. The number of hydrogen-bond donors (Lipinski definition) is 1. The summed E-state index contributed by atoms with van der Waals surface area (Å²) < 4.78 is 6.90. The van der Waals surface area contributed by atoms with Crippen LogP contribution in [0.15, 0.2) is 41.0 Å². The quantitative estimate of drug-likeness (QED) is 0.866. The van der Waals surface area contributed by atoms with E-state index in [2.05, 4.69) is 40.1 Å². The highest BCUT2D eigenvalue weighted by molar-refractivity contribution is 9.10. The molecule has 0 amide bonds. The Morgan fingerprint density at radius 3 is 2.80 bits per heavy atom. The van der Waals surface area contributed by atoms with Gasteiger partial charge in [0.2, 0.25) is 5.88 Å². The molecule has 3 nitrogen and oxygen atoms in total. The summed E-state index contributed by atoms with van der Waals surface area (Å²) in [5.41, 5.74) is 2.31. The Bertz CT molecular complexity index is 586. The van der Waals surface area contributed by atoms with E-state index in [0.29, 0.717) is 5.88 Å². The number of hydrogen-bond acceptors (Lipinski definition) is 3. The fourth-order valence-electron chi connectivity index (χ4n) is 1.98. The monoisotopic (exact) mass is 334 g/mol. The lowest BCUT2D eigenvalue weighted by Gasteiger charge is -2.13. The fraction of sp³-hybridized carbons (Fsp3) is 0.312. The third-order valence-electron chi connectivity index (χ3n) is 3.12. The summed E-state index contributed by atoms with van der Waals surface area (Å²) in [5, 5.41) is 3.38. The maximum Gasteiger partial charge on any atom is 0.219 e. The molecular formula is C16H19BrN2O. The minimum Gasteiger partial charge on any atom is -0.439 e. The maximum atomic E-state index is 5.82. The number of benzene rings is 1. The molecule has 0 saturated heterocycles. The highest BCUT2D eigenvalue weighted by Crippen LogP contribution is 2.26. The molecule has 1 N–H and O–H groups in total. The third-order valence-corrected chi connectivity index (χ3v) is 4.01. The van der Waals surface area contributed by atoms with Crippen molar-refractivity contribution < 1.29 is 4.74 Å². The number of rotatable bonds is 5. The topological polar surface area (TPSA) is 34.2 Å². The van der Waals surface area contributed by atoms with Crippen LogP contribution in [0.2, 0.25) is 0 Å². The molecule has 0 spiro atoms. The zero-order valence-corrected chi connectivity index (χ0v) is 13.6. The van der Waals surface area contributed by atoms with Crippen molar-refractivity contribution >= 4 is 15.9 Å². The van der Waals surface area contributed by atoms with Gasteiger partial charge in [0.25, 0.3) is 0 Å². The lowest BCUT2D eigenvalue weighted by atomic mass is 10.1. The van der Waals surface area contributed by atoms with Crippen LogP contribution < -0.4 is 10.1 Å². The molecule has 106 valence electrons. The van der Waals surface area contributed by atoms with E-state index in [1.54, 1.807) is 6.20 Å². The molecule has 20 heavy (non-hydrogen) atoms. The SMILES string of the molecule is CCNC(C)c1ccnc(Oc2ccc(Br)c(C)c2)c1. The number of aromatic nitrogens is 1. The predicted octanol–water partition coefficient (Wildman–Crippen LogP) is 4.62. The predicted molar refractivity (Wildman–Crippen MR) is 85.3 cm³/mol. The summed E-state index contributed by atoms with van der Waals surface area (Å²) in [7, 11) is 0. The van der Waals surface area contributed by atoms with E-state index in [0.717, 1.165) is 22.3 Å². The maximum absolute atomic E-state index is 5.82. The summed E-state index contributed by atoms with van der Waals surface area (Å²) in [6.45, 7) is 7.20. The van der Waals surface area contributed by atoms with Crippen LogP contribution >= 0.6 is 15.9 Å². The molecule has 0 aliphatic heterocycles. The zero-order chi connectivity index (χ0) is 14.5. The second kappa shape index (κ2) is 6.86. The van der Waals surface area contributed by atoms with Gasteiger partial charge in [0, 0.05) is 22.8 Å². The van der Waals surface area contributed by atoms with Crippen molar-refractivity contribution in [2.24, 2.45) is 0 Å². The van der Waals surface area contributed by atoms with Gasteiger partial charge in [-0.1, -0.05) is 22.9 Å². The first kappa shape index (κ1) is 15.0. The van der Waals surface area contributed by atoms with E-state index in [1.165, 1.54) is 5.56 Å². The van der Waals surface area contributed by atoms with Gasteiger partial charge in [0.1, 0.15) is 5.75 Å². The van der Waals surface area contributed by atoms with Gasteiger partial charge in [0.15, 0.2) is 0 Å². The van der Waals surface area contributed by atoms with Crippen LogP contribution in [0.4, 0.5) is 0 Å². The van der Waals surface area contributed by atoms with Crippen LogP contribution in [0.3, 0.4) is 0 Å². The Morgan fingerprint density at radius 2 is 2.10 bits per heavy atom. The lowest BCUT2D eigenvalue weighted by molar-refractivity contribution is 0.459. The van der Waals surface area contributed by atoms with E-state index < -0.39 is 0 Å². The normalized spacial score (nSPS) is 12.2. The Hall–Kier alpha value is -1.39. The minimum absolute atomic E-state index is 0.289. The second-order valence-corrected chi connectivity index (χ2v) is 5.57. The molecule has 1 unspecified atom stereocenters. The van der Waals surface area contributed by atoms with Crippen LogP contribution in [0.1, 0.15) is 31.0 Å². The van der Waals surface area contributed by atoms with Gasteiger partial charge in [-0.2, -0.15) is 0 Å². The van der Waals surface area contributed by atoms with Crippen LogP contribution in [0.5, 0.6) is 11.6 Å². The van der Waals surface area contributed by atoms with Crippen LogP contribution in [-0.2, 0) is 0 Å². The van der Waals surface area contributed by atoms with Gasteiger partial charge >= 0.3 is 0 Å². The van der Waals surface area contributed by atoms with E-state index >= 15 is 0 Å². The van der Waals surface area contributed by atoms with E-state index in [1.807, 2.05) is 37.3 Å². The average molecular weight is 335 g/mol. The van der Waals surface area contributed by atoms with Crippen LogP contribution in [-0.4, -0.2) is 11.5 Å². The smallest absolute Gasteiger partial charge is 0.219 e. The molecule has 1 atom stereocenters. The van der Waals surface area contributed by atoms with E-state index in [4.69, 9.17) is 4.74 Å². The Kier molecular flexibility index (Phi) is 5.15. The summed E-state index contributed by atoms with van der Waals surface area (Å²) in [6, 6.07) is 10.2. The van der Waals surface area contributed by atoms with Crippen LogP contribution in [0.25, 0.3) is 0 Å². The Labute approximate surface area is 128 Å². The van der Waals surface area contributed by atoms with Crippen molar-refractivity contribution in [2.75, 3.05) is 6.54 Å². The minimum atomic E-state index is 0.289. The van der Waals surface area contributed by atoms with E-state index in [9.17, 15) is 0 Å². The van der Waals surface area contributed by atoms with Crippen molar-refractivity contribution in [2.45, 2.75) is 26.8 Å². The molecule has 0 fully saturated rings. The van der Waals surface area contributed by atoms with Crippen molar-refractivity contribution in [3.05, 3.63) is 52.1 Å². The number of nitrogens with one attached hydrogen (secondary N) is 1. The third kappa shape index (κ3) is 3.81. The summed E-state index contributed by atoms with van der Waals surface area (Å²) in [5.74, 6) is 1.42. The largest absolute Gasteiger partial charge is 0.439 e. The van der Waals surface area contributed by atoms with Crippen molar-refractivity contribution in [3.63, 3.8) is 0 Å². The molecule has 1 aromatic heterocycles. The molecule has 2 aromatic rings. The van der Waals surface area contributed by atoms with Gasteiger partial charge in [0.05, 0.1) is 0 Å². The van der Waals surface area contributed by atoms with Gasteiger partial charge < -0.3 is 10.1 Å². The Morgan fingerprint density at radius 1 is 1.30 bits per heavy atom. The summed E-state index contributed by atoms with van der Waals surface area (Å²) >= 11 is 3.48. The highest BCUT2D eigenvalue weighted by atomic mass is 79.9. The summed E-state index contributed by atoms with van der Waals surface area (Å²) in [6.07, 6.45) is 1.78. The number of nitrogens with zero attached hydrogens (tertiary/aromatic N) is 1. The standard InChI is InChI=1S/C16H19BrN2O/c1-4-18-12(3)13-7-8-19-16(10-13)20-14-5-6-15(17)11(2)9-14/h5-10,12,18H,4H2,1-3H3. The van der Waals surface area contributed by atoms with Gasteiger partial charge in [-0.15, -0.1) is 0 Å². The molecular weight excluding hydrogens is 316 g/mol. The first-order chi connectivity index (χ1) is 9.60. The van der Waals surface area contributed by atoms with Gasteiger partial charge in [-0.05, 0) is 55.8 Å². The molecule has 2 rings (SSSR count). The first-order valence-electron chi connectivity index (χ1n) is 6.73. The molecule has 0 aliphatic carbocycles. The molecule has 0 aliphatic rings. The lowest BCUT2D eigenvalue weighted by Crippen LogP contribution is -2.17. The van der Waals surface area contributed by atoms with Crippen molar-refractivity contribution in [1.29, 1.82) is 0 Å².